The quantitative estimate of drug-likeness (QED) is 0.382. The molecule has 154 valence electrons. The predicted molar refractivity (Wildman–Crippen MR) is 98.8 cm³/mol. The molecule has 1 saturated carbocycles. The first-order chi connectivity index (χ1) is 13.0. The van der Waals surface area contributed by atoms with Crippen molar-refractivity contribution in [3.05, 3.63) is 24.2 Å². The molecule has 1 aliphatic carbocycles. The summed E-state index contributed by atoms with van der Waals surface area (Å²) in [7, 11) is 0. The van der Waals surface area contributed by atoms with E-state index in [1.807, 2.05) is 19.1 Å². The van der Waals surface area contributed by atoms with Crippen LogP contribution < -0.4 is 10.6 Å². The Kier molecular flexibility index (Phi) is 8.97. The maximum atomic E-state index is 13.0. The molecule has 1 aromatic rings. The van der Waals surface area contributed by atoms with Gasteiger partial charge in [0.25, 0.3) is 0 Å². The number of alkyl halides is 3. The van der Waals surface area contributed by atoms with Crippen molar-refractivity contribution in [3.8, 4) is 0 Å². The Hall–Kier alpha value is -1.70. The van der Waals surface area contributed by atoms with Crippen LogP contribution in [0.1, 0.15) is 44.8 Å². The van der Waals surface area contributed by atoms with Crippen molar-refractivity contribution in [1.29, 1.82) is 0 Å². The third kappa shape index (κ3) is 8.24. The minimum absolute atomic E-state index is 0.0985. The highest BCUT2D eigenvalue weighted by atomic mass is 19.4. The number of hydrogen-bond donors (Lipinski definition) is 2. The SMILES string of the molecule is CCOCCCN=C(NCCc1ccco1)NC1CCCC(C(F)(F)F)C1. The van der Waals surface area contributed by atoms with E-state index in [-0.39, 0.29) is 18.9 Å². The summed E-state index contributed by atoms with van der Waals surface area (Å²) >= 11 is 0. The molecular formula is C19H30F3N3O2. The number of hydrogen-bond acceptors (Lipinski definition) is 3. The van der Waals surface area contributed by atoms with Crippen molar-refractivity contribution in [2.45, 2.75) is 57.7 Å². The number of furan rings is 1. The molecular weight excluding hydrogens is 359 g/mol. The van der Waals surface area contributed by atoms with E-state index in [2.05, 4.69) is 15.6 Å². The molecule has 2 unspecified atom stereocenters. The fourth-order valence-electron chi connectivity index (χ4n) is 3.22. The number of halogens is 3. The van der Waals surface area contributed by atoms with Gasteiger partial charge in [-0.25, -0.2) is 0 Å². The summed E-state index contributed by atoms with van der Waals surface area (Å²) in [6, 6.07) is 3.51. The van der Waals surface area contributed by atoms with E-state index >= 15 is 0 Å². The maximum Gasteiger partial charge on any atom is 0.391 e. The van der Waals surface area contributed by atoms with Crippen LogP contribution in [0.3, 0.4) is 0 Å². The Bertz CT molecular complexity index is 547. The van der Waals surface area contributed by atoms with Crippen LogP contribution in [0.2, 0.25) is 0 Å². The van der Waals surface area contributed by atoms with Crippen LogP contribution in [0.5, 0.6) is 0 Å². The number of guanidine groups is 1. The lowest BCUT2D eigenvalue weighted by Gasteiger charge is -2.32. The summed E-state index contributed by atoms with van der Waals surface area (Å²) in [4.78, 5) is 4.50. The lowest BCUT2D eigenvalue weighted by Crippen LogP contribution is -2.47. The van der Waals surface area contributed by atoms with Crippen LogP contribution in [0.25, 0.3) is 0 Å². The van der Waals surface area contributed by atoms with E-state index in [1.54, 1.807) is 6.26 Å². The van der Waals surface area contributed by atoms with E-state index < -0.39 is 12.1 Å². The Morgan fingerprint density at radius 2 is 2.22 bits per heavy atom. The van der Waals surface area contributed by atoms with Crippen LogP contribution in [0, 0.1) is 5.92 Å². The molecule has 0 aromatic carbocycles. The third-order valence-electron chi connectivity index (χ3n) is 4.64. The number of nitrogens with one attached hydrogen (secondary N) is 2. The normalized spacial score (nSPS) is 21.3. The Morgan fingerprint density at radius 3 is 2.93 bits per heavy atom. The highest BCUT2D eigenvalue weighted by Crippen LogP contribution is 2.37. The molecule has 2 rings (SSSR count). The molecule has 0 amide bonds. The predicted octanol–water partition coefficient (Wildman–Crippen LogP) is 3.91. The lowest BCUT2D eigenvalue weighted by molar-refractivity contribution is -0.183. The molecule has 0 aliphatic heterocycles. The molecule has 8 heteroatoms. The fraction of sp³-hybridized carbons (Fsp3) is 0.737. The van der Waals surface area contributed by atoms with Crippen LogP contribution in [0.15, 0.2) is 27.8 Å². The van der Waals surface area contributed by atoms with Gasteiger partial charge >= 0.3 is 6.18 Å². The van der Waals surface area contributed by atoms with Gasteiger partial charge in [0.15, 0.2) is 5.96 Å². The monoisotopic (exact) mass is 389 g/mol. The second-order valence-electron chi connectivity index (χ2n) is 6.78. The largest absolute Gasteiger partial charge is 0.469 e. The molecule has 0 saturated heterocycles. The molecule has 1 aromatic heterocycles. The summed E-state index contributed by atoms with van der Waals surface area (Å²) < 4.78 is 49.7. The zero-order valence-corrected chi connectivity index (χ0v) is 15.9. The summed E-state index contributed by atoms with van der Waals surface area (Å²) in [6.07, 6.45) is 0.570. The number of nitrogens with zero attached hydrogens (tertiary/aromatic N) is 1. The van der Waals surface area contributed by atoms with Crippen molar-refractivity contribution in [3.63, 3.8) is 0 Å². The summed E-state index contributed by atoms with van der Waals surface area (Å²) in [6.45, 7) is 4.38. The van der Waals surface area contributed by atoms with E-state index in [9.17, 15) is 13.2 Å². The molecule has 5 nitrogen and oxygen atoms in total. The smallest absolute Gasteiger partial charge is 0.391 e. The molecule has 2 atom stereocenters. The first kappa shape index (κ1) is 21.6. The maximum absolute atomic E-state index is 13.0. The van der Waals surface area contributed by atoms with Gasteiger partial charge in [0, 0.05) is 38.8 Å². The van der Waals surface area contributed by atoms with Gasteiger partial charge in [-0.2, -0.15) is 13.2 Å². The van der Waals surface area contributed by atoms with Gasteiger partial charge in [-0.3, -0.25) is 4.99 Å². The molecule has 1 fully saturated rings. The van der Waals surface area contributed by atoms with Crippen LogP contribution >= 0.6 is 0 Å². The highest BCUT2D eigenvalue weighted by Gasteiger charge is 2.42. The molecule has 1 aliphatic rings. The van der Waals surface area contributed by atoms with Crippen molar-refractivity contribution in [2.75, 3.05) is 26.3 Å². The average molecular weight is 389 g/mol. The zero-order valence-electron chi connectivity index (χ0n) is 15.9. The summed E-state index contributed by atoms with van der Waals surface area (Å²) in [5.74, 6) is 0.185. The molecule has 1 heterocycles. The molecule has 0 bridgehead atoms. The second kappa shape index (κ2) is 11.2. The lowest BCUT2D eigenvalue weighted by atomic mass is 9.85. The Morgan fingerprint density at radius 1 is 1.37 bits per heavy atom. The van der Waals surface area contributed by atoms with Gasteiger partial charge in [-0.15, -0.1) is 0 Å². The van der Waals surface area contributed by atoms with Gasteiger partial charge in [0.05, 0.1) is 12.2 Å². The zero-order chi connectivity index (χ0) is 19.5. The Labute approximate surface area is 158 Å². The van der Waals surface area contributed by atoms with Crippen molar-refractivity contribution >= 4 is 5.96 Å². The molecule has 0 spiro atoms. The standard InChI is InChI=1S/C19H30F3N3O2/c1-2-26-12-5-10-23-18(24-11-9-17-8-4-13-27-17)25-16-7-3-6-15(14-16)19(20,21)22/h4,8,13,15-16H,2-3,5-7,9-12,14H2,1H3,(H2,23,24,25). The van der Waals surface area contributed by atoms with Crippen molar-refractivity contribution in [2.24, 2.45) is 10.9 Å². The number of rotatable bonds is 9. The highest BCUT2D eigenvalue weighted by molar-refractivity contribution is 5.80. The average Bonchev–Trinajstić information content (AvgIpc) is 3.14. The van der Waals surface area contributed by atoms with Gasteiger partial charge < -0.3 is 19.8 Å². The van der Waals surface area contributed by atoms with Crippen LogP contribution in [0.4, 0.5) is 13.2 Å². The minimum atomic E-state index is -4.12. The molecule has 2 N–H and O–H groups in total. The molecule has 0 radical (unpaired) electrons. The van der Waals surface area contributed by atoms with Gasteiger partial charge in [-0.1, -0.05) is 6.42 Å². The minimum Gasteiger partial charge on any atom is -0.469 e. The van der Waals surface area contributed by atoms with E-state index in [0.717, 1.165) is 18.6 Å². The molecule has 27 heavy (non-hydrogen) atoms. The second-order valence-corrected chi connectivity index (χ2v) is 6.78. The summed E-state index contributed by atoms with van der Waals surface area (Å²) in [5, 5.41) is 6.40. The first-order valence-electron chi connectivity index (χ1n) is 9.70. The fourth-order valence-corrected chi connectivity index (χ4v) is 3.22. The Balaban J connectivity index is 1.86. The first-order valence-corrected chi connectivity index (χ1v) is 9.70. The van der Waals surface area contributed by atoms with Crippen molar-refractivity contribution < 1.29 is 22.3 Å². The van der Waals surface area contributed by atoms with E-state index in [4.69, 9.17) is 9.15 Å². The van der Waals surface area contributed by atoms with E-state index in [1.165, 1.54) is 0 Å². The van der Waals surface area contributed by atoms with E-state index in [0.29, 0.717) is 45.1 Å². The van der Waals surface area contributed by atoms with Crippen LogP contribution in [-0.2, 0) is 11.2 Å². The number of ether oxygens (including phenoxy) is 1. The van der Waals surface area contributed by atoms with Gasteiger partial charge in [0.1, 0.15) is 5.76 Å². The third-order valence-corrected chi connectivity index (χ3v) is 4.64. The van der Waals surface area contributed by atoms with Crippen LogP contribution in [-0.4, -0.2) is 44.5 Å². The van der Waals surface area contributed by atoms with Gasteiger partial charge in [-0.05, 0) is 44.7 Å². The topological polar surface area (TPSA) is 58.8 Å². The van der Waals surface area contributed by atoms with Crippen molar-refractivity contribution in [1.82, 2.24) is 10.6 Å². The summed E-state index contributed by atoms with van der Waals surface area (Å²) in [5.41, 5.74) is 0. The van der Waals surface area contributed by atoms with Gasteiger partial charge in [0.2, 0.25) is 0 Å². The number of aliphatic imine (C=N–C) groups is 1.